The predicted octanol–water partition coefficient (Wildman–Crippen LogP) is 1.09. The molecule has 2 saturated heterocycles. The van der Waals surface area contributed by atoms with Gasteiger partial charge in [-0.05, 0) is 19.9 Å². The van der Waals surface area contributed by atoms with Gasteiger partial charge in [0.1, 0.15) is 5.82 Å². The van der Waals surface area contributed by atoms with Crippen molar-refractivity contribution in [2.45, 2.75) is 13.8 Å². The number of carbonyl (C=O) groups excluding carboxylic acids is 2. The van der Waals surface area contributed by atoms with Gasteiger partial charge in [-0.1, -0.05) is 0 Å². The van der Waals surface area contributed by atoms with Crippen molar-refractivity contribution in [3.05, 3.63) is 23.8 Å². The molecule has 0 aromatic carbocycles. The lowest BCUT2D eigenvalue weighted by molar-refractivity contribution is -0.128. The second kappa shape index (κ2) is 4.58. The minimum absolute atomic E-state index is 0.207. The highest BCUT2D eigenvalue weighted by Gasteiger charge is 2.65. The zero-order valence-corrected chi connectivity index (χ0v) is 13.6. The van der Waals surface area contributed by atoms with Crippen molar-refractivity contribution >= 4 is 29.0 Å². The monoisotopic (exact) mass is 329 g/mol. The molecule has 0 spiro atoms. The summed E-state index contributed by atoms with van der Waals surface area (Å²) in [5.41, 5.74) is -1.48. The molecule has 4 heterocycles. The van der Waals surface area contributed by atoms with E-state index in [0.717, 1.165) is 5.01 Å². The summed E-state index contributed by atoms with van der Waals surface area (Å²) in [6, 6.07) is 1.80. The molecule has 0 bridgehead atoms. The van der Waals surface area contributed by atoms with E-state index in [1.807, 2.05) is 24.1 Å². The standard InChI is InChI=1S/C15H15N5O2S/c1-14-7-20(8-15(14,2)13(22)19-12(14)21)9-3-4-16-10(18-9)11-17-5-6-23-11/h3-6H,7-8H2,1-2H3,(H,19,21,22). The Balaban J connectivity index is 1.70. The molecule has 118 valence electrons. The number of thiazole rings is 1. The molecule has 1 N–H and O–H groups in total. The Morgan fingerprint density at radius 2 is 1.83 bits per heavy atom. The number of hydrogen-bond acceptors (Lipinski definition) is 7. The van der Waals surface area contributed by atoms with Gasteiger partial charge in [-0.25, -0.2) is 15.0 Å². The molecule has 2 aromatic heterocycles. The third kappa shape index (κ3) is 1.84. The number of amides is 2. The number of nitrogens with one attached hydrogen (secondary N) is 1. The van der Waals surface area contributed by atoms with Crippen molar-refractivity contribution in [3.8, 4) is 10.8 Å². The van der Waals surface area contributed by atoms with E-state index in [4.69, 9.17) is 0 Å². The highest BCUT2D eigenvalue weighted by molar-refractivity contribution is 7.13. The Morgan fingerprint density at radius 1 is 1.13 bits per heavy atom. The Morgan fingerprint density at radius 3 is 2.43 bits per heavy atom. The number of nitrogens with zero attached hydrogens (tertiary/aromatic N) is 4. The number of carbonyl (C=O) groups is 2. The predicted molar refractivity (Wildman–Crippen MR) is 84.7 cm³/mol. The van der Waals surface area contributed by atoms with Crippen LogP contribution in [0.1, 0.15) is 13.8 Å². The van der Waals surface area contributed by atoms with Crippen LogP contribution < -0.4 is 10.2 Å². The largest absolute Gasteiger partial charge is 0.354 e. The summed E-state index contributed by atoms with van der Waals surface area (Å²) in [7, 11) is 0. The molecule has 2 aromatic rings. The van der Waals surface area contributed by atoms with Crippen LogP contribution in [0.25, 0.3) is 10.8 Å². The Kier molecular flexibility index (Phi) is 2.84. The lowest BCUT2D eigenvalue weighted by Gasteiger charge is -2.25. The fraction of sp³-hybridized carbons (Fsp3) is 0.400. The van der Waals surface area contributed by atoms with E-state index in [9.17, 15) is 9.59 Å². The summed E-state index contributed by atoms with van der Waals surface area (Å²) in [5.74, 6) is 0.853. The van der Waals surface area contributed by atoms with E-state index >= 15 is 0 Å². The number of anilines is 1. The van der Waals surface area contributed by atoms with E-state index < -0.39 is 10.8 Å². The summed E-state index contributed by atoms with van der Waals surface area (Å²) in [5, 5.41) is 5.08. The first-order valence-corrected chi connectivity index (χ1v) is 8.16. The summed E-state index contributed by atoms with van der Waals surface area (Å²) < 4.78 is 0. The van der Waals surface area contributed by atoms with Crippen LogP contribution in [0.5, 0.6) is 0 Å². The number of aromatic nitrogens is 3. The van der Waals surface area contributed by atoms with E-state index in [-0.39, 0.29) is 11.8 Å². The molecule has 2 amide bonds. The molecule has 2 aliphatic heterocycles. The molecule has 7 nitrogen and oxygen atoms in total. The van der Waals surface area contributed by atoms with E-state index in [1.54, 1.807) is 18.5 Å². The molecule has 0 aliphatic carbocycles. The van der Waals surface area contributed by atoms with Crippen LogP contribution in [-0.2, 0) is 9.59 Å². The highest BCUT2D eigenvalue weighted by atomic mass is 32.1. The van der Waals surface area contributed by atoms with E-state index in [0.29, 0.717) is 24.7 Å². The van der Waals surface area contributed by atoms with Gasteiger partial charge in [-0.2, -0.15) is 0 Å². The maximum atomic E-state index is 12.2. The van der Waals surface area contributed by atoms with Crippen LogP contribution >= 0.6 is 11.3 Å². The number of imide groups is 1. The van der Waals surface area contributed by atoms with Gasteiger partial charge in [0.05, 0.1) is 10.8 Å². The van der Waals surface area contributed by atoms with Crippen LogP contribution in [0.15, 0.2) is 23.8 Å². The molecule has 2 fully saturated rings. The first-order valence-electron chi connectivity index (χ1n) is 7.28. The fourth-order valence-corrected chi connectivity index (χ4v) is 3.89. The van der Waals surface area contributed by atoms with E-state index in [1.165, 1.54) is 11.3 Å². The zero-order chi connectivity index (χ0) is 16.2. The van der Waals surface area contributed by atoms with Gasteiger partial charge in [0.25, 0.3) is 0 Å². The molecule has 2 aliphatic rings. The Bertz CT molecular complexity index is 780. The minimum atomic E-state index is -0.740. The van der Waals surface area contributed by atoms with Crippen LogP contribution in [0.2, 0.25) is 0 Å². The van der Waals surface area contributed by atoms with Crippen LogP contribution in [0.3, 0.4) is 0 Å². The van der Waals surface area contributed by atoms with Crippen molar-refractivity contribution < 1.29 is 9.59 Å². The van der Waals surface area contributed by atoms with E-state index in [2.05, 4.69) is 20.3 Å². The first-order chi connectivity index (χ1) is 10.9. The molecule has 0 saturated carbocycles. The Labute approximate surface area is 136 Å². The minimum Gasteiger partial charge on any atom is -0.354 e. The smallest absolute Gasteiger partial charge is 0.235 e. The van der Waals surface area contributed by atoms with Crippen LogP contribution in [-0.4, -0.2) is 39.9 Å². The zero-order valence-electron chi connectivity index (χ0n) is 12.7. The molecule has 0 radical (unpaired) electrons. The summed E-state index contributed by atoms with van der Waals surface area (Å²) in [6.07, 6.45) is 3.39. The van der Waals surface area contributed by atoms with Crippen molar-refractivity contribution in [1.29, 1.82) is 0 Å². The lowest BCUT2D eigenvalue weighted by Crippen LogP contribution is -2.38. The van der Waals surface area contributed by atoms with Gasteiger partial charge in [0.15, 0.2) is 10.8 Å². The summed E-state index contributed by atoms with van der Waals surface area (Å²) in [4.78, 5) is 39.5. The Hall–Kier alpha value is -2.35. The molecule has 4 rings (SSSR count). The van der Waals surface area contributed by atoms with Crippen molar-refractivity contribution in [2.24, 2.45) is 10.8 Å². The number of hydrogen-bond donors (Lipinski definition) is 1. The fourth-order valence-electron chi connectivity index (χ4n) is 3.32. The summed E-state index contributed by atoms with van der Waals surface area (Å²) in [6.45, 7) is 4.59. The second-order valence-corrected chi connectivity index (χ2v) is 7.27. The molecule has 23 heavy (non-hydrogen) atoms. The molecule has 8 heteroatoms. The average molecular weight is 329 g/mol. The van der Waals surface area contributed by atoms with Gasteiger partial charge in [0, 0.05) is 30.9 Å². The molecular weight excluding hydrogens is 314 g/mol. The van der Waals surface area contributed by atoms with Gasteiger partial charge in [0.2, 0.25) is 11.8 Å². The SMILES string of the molecule is CC12CN(c3ccnc(-c4nccs4)n3)CC1(C)C(=O)NC2=O. The molecule has 2 unspecified atom stereocenters. The number of rotatable bonds is 2. The van der Waals surface area contributed by atoms with Crippen molar-refractivity contribution in [1.82, 2.24) is 20.3 Å². The first kappa shape index (κ1) is 14.3. The van der Waals surface area contributed by atoms with Gasteiger partial charge >= 0.3 is 0 Å². The van der Waals surface area contributed by atoms with Crippen LogP contribution in [0, 0.1) is 10.8 Å². The molecular formula is C15H15N5O2S. The lowest BCUT2D eigenvalue weighted by atomic mass is 9.70. The average Bonchev–Trinajstić information content (AvgIpc) is 3.19. The summed E-state index contributed by atoms with van der Waals surface area (Å²) >= 11 is 1.47. The van der Waals surface area contributed by atoms with Crippen molar-refractivity contribution in [3.63, 3.8) is 0 Å². The van der Waals surface area contributed by atoms with Gasteiger partial charge in [-0.15, -0.1) is 11.3 Å². The topological polar surface area (TPSA) is 88.1 Å². The van der Waals surface area contributed by atoms with Gasteiger partial charge in [-0.3, -0.25) is 14.9 Å². The third-order valence-corrected chi connectivity index (χ3v) is 5.82. The third-order valence-electron chi connectivity index (χ3n) is 5.05. The van der Waals surface area contributed by atoms with Crippen LogP contribution in [0.4, 0.5) is 5.82 Å². The van der Waals surface area contributed by atoms with Gasteiger partial charge < -0.3 is 4.90 Å². The van der Waals surface area contributed by atoms with Crippen molar-refractivity contribution in [2.75, 3.05) is 18.0 Å². The number of fused-ring (bicyclic) bond motifs is 1. The second-order valence-electron chi connectivity index (χ2n) is 6.38. The normalized spacial score (nSPS) is 29.7. The maximum Gasteiger partial charge on any atom is 0.235 e. The quantitative estimate of drug-likeness (QED) is 0.830. The maximum absolute atomic E-state index is 12.2. The highest BCUT2D eigenvalue weighted by Crippen LogP contribution is 2.50. The molecule has 2 atom stereocenters.